The molecule has 18 heavy (non-hydrogen) atoms. The van der Waals surface area contributed by atoms with Crippen molar-refractivity contribution in [2.24, 2.45) is 0 Å². The van der Waals surface area contributed by atoms with Gasteiger partial charge in [0.25, 0.3) is 0 Å². The van der Waals surface area contributed by atoms with Crippen molar-refractivity contribution in [3.63, 3.8) is 0 Å². The molecule has 0 N–H and O–H groups in total. The van der Waals surface area contributed by atoms with Gasteiger partial charge in [0.05, 0.1) is 12.5 Å². The third-order valence-electron chi connectivity index (χ3n) is 2.73. The maximum absolute atomic E-state index is 5.91. The normalized spacial score (nSPS) is 10.3. The van der Waals surface area contributed by atoms with E-state index in [1.54, 1.807) is 6.20 Å². The predicted octanol–water partition coefficient (Wildman–Crippen LogP) is 3.75. The number of rotatable bonds is 5. The van der Waals surface area contributed by atoms with Gasteiger partial charge in [0.15, 0.2) is 0 Å². The van der Waals surface area contributed by atoms with Crippen molar-refractivity contribution in [1.29, 1.82) is 0 Å². The highest BCUT2D eigenvalue weighted by Gasteiger charge is 2.03. The topological polar surface area (TPSA) is 22.1 Å². The Morgan fingerprint density at radius 1 is 1.28 bits per heavy atom. The Bertz CT molecular complexity index is 499. The molecule has 0 aliphatic carbocycles. The summed E-state index contributed by atoms with van der Waals surface area (Å²) < 4.78 is 5.77. The maximum atomic E-state index is 5.91. The largest absolute Gasteiger partial charge is 0.493 e. The maximum Gasteiger partial charge on any atom is 0.123 e. The van der Waals surface area contributed by atoms with E-state index in [2.05, 4.69) is 18.0 Å². The summed E-state index contributed by atoms with van der Waals surface area (Å²) in [5.74, 6) is 1.35. The first kappa shape index (κ1) is 12.9. The monoisotopic (exact) mass is 261 g/mol. The van der Waals surface area contributed by atoms with Crippen LogP contribution in [0.25, 0.3) is 0 Å². The van der Waals surface area contributed by atoms with E-state index < -0.39 is 0 Å². The Morgan fingerprint density at radius 2 is 2.17 bits per heavy atom. The summed E-state index contributed by atoms with van der Waals surface area (Å²) in [5.41, 5.74) is 3.42. The zero-order chi connectivity index (χ0) is 12.8. The molecule has 0 bridgehead atoms. The number of ether oxygens (including phenoxy) is 1. The lowest BCUT2D eigenvalue weighted by Crippen LogP contribution is -2.03. The molecular formula is C15H16ClNO. The molecule has 0 aliphatic rings. The van der Waals surface area contributed by atoms with E-state index in [0.29, 0.717) is 12.5 Å². The molecular weight excluding hydrogens is 246 g/mol. The fourth-order valence-corrected chi connectivity index (χ4v) is 1.99. The van der Waals surface area contributed by atoms with Crippen LogP contribution in [0, 0.1) is 6.92 Å². The third kappa shape index (κ3) is 3.47. The molecule has 1 heterocycles. The number of halogens is 1. The molecule has 0 fully saturated rings. The highest BCUT2D eigenvalue weighted by molar-refractivity contribution is 6.17. The van der Waals surface area contributed by atoms with Crippen molar-refractivity contribution < 1.29 is 4.74 Å². The fourth-order valence-electron chi connectivity index (χ4n) is 1.78. The van der Waals surface area contributed by atoms with Crippen molar-refractivity contribution in [2.75, 3.05) is 6.61 Å². The van der Waals surface area contributed by atoms with Gasteiger partial charge in [0, 0.05) is 24.4 Å². The summed E-state index contributed by atoms with van der Waals surface area (Å²) >= 11 is 5.91. The lowest BCUT2D eigenvalue weighted by Gasteiger charge is -2.10. The minimum absolute atomic E-state index is 0.476. The second-order valence-corrected chi connectivity index (χ2v) is 4.47. The third-order valence-corrected chi connectivity index (χ3v) is 3.02. The number of nitrogens with zero attached hydrogens (tertiary/aromatic N) is 1. The van der Waals surface area contributed by atoms with Crippen molar-refractivity contribution in [2.45, 2.75) is 19.2 Å². The van der Waals surface area contributed by atoms with Gasteiger partial charge in [0.2, 0.25) is 0 Å². The van der Waals surface area contributed by atoms with Gasteiger partial charge in [-0.05, 0) is 24.6 Å². The Kier molecular flexibility index (Phi) is 4.59. The average molecular weight is 262 g/mol. The minimum atomic E-state index is 0.476. The van der Waals surface area contributed by atoms with Gasteiger partial charge in [-0.25, -0.2) is 0 Å². The lowest BCUT2D eigenvalue weighted by molar-refractivity contribution is 0.319. The Labute approximate surface area is 113 Å². The number of hydrogen-bond acceptors (Lipinski definition) is 2. The molecule has 3 heteroatoms. The van der Waals surface area contributed by atoms with E-state index >= 15 is 0 Å². The van der Waals surface area contributed by atoms with E-state index in [4.69, 9.17) is 16.3 Å². The van der Waals surface area contributed by atoms with Gasteiger partial charge in [-0.2, -0.15) is 0 Å². The molecule has 0 atom stereocenters. The molecule has 0 unspecified atom stereocenters. The molecule has 0 amide bonds. The van der Waals surface area contributed by atoms with Gasteiger partial charge >= 0.3 is 0 Å². The quantitative estimate of drug-likeness (QED) is 0.765. The van der Waals surface area contributed by atoms with Crippen molar-refractivity contribution in [3.05, 3.63) is 59.4 Å². The summed E-state index contributed by atoms with van der Waals surface area (Å²) in [6.45, 7) is 2.69. The standard InChI is InChI=1S/C15H16ClNO/c1-12-4-5-15(14(9-12)10-16)18-8-6-13-3-2-7-17-11-13/h2-5,7,9,11H,6,8,10H2,1H3. The SMILES string of the molecule is Cc1ccc(OCCc2cccnc2)c(CCl)c1. The molecule has 0 saturated heterocycles. The zero-order valence-electron chi connectivity index (χ0n) is 10.4. The van der Waals surface area contributed by atoms with Crippen LogP contribution in [0.2, 0.25) is 0 Å². The van der Waals surface area contributed by atoms with E-state index in [9.17, 15) is 0 Å². The molecule has 2 nitrogen and oxygen atoms in total. The molecule has 1 aromatic heterocycles. The van der Waals surface area contributed by atoms with Gasteiger partial charge in [0.1, 0.15) is 5.75 Å². The van der Waals surface area contributed by atoms with Crippen LogP contribution in [0.4, 0.5) is 0 Å². The predicted molar refractivity (Wildman–Crippen MR) is 74.2 cm³/mol. The highest BCUT2D eigenvalue weighted by Crippen LogP contribution is 2.22. The first-order valence-corrected chi connectivity index (χ1v) is 6.50. The summed E-state index contributed by atoms with van der Waals surface area (Å²) in [5, 5.41) is 0. The van der Waals surface area contributed by atoms with Crippen LogP contribution in [0.3, 0.4) is 0 Å². The molecule has 0 saturated carbocycles. The second-order valence-electron chi connectivity index (χ2n) is 4.20. The van der Waals surface area contributed by atoms with Crippen molar-refractivity contribution >= 4 is 11.6 Å². The molecule has 0 aliphatic heterocycles. The molecule has 0 radical (unpaired) electrons. The van der Waals surface area contributed by atoms with Crippen molar-refractivity contribution in [1.82, 2.24) is 4.98 Å². The van der Waals surface area contributed by atoms with Crippen LogP contribution in [-0.4, -0.2) is 11.6 Å². The molecule has 2 rings (SSSR count). The van der Waals surface area contributed by atoms with Crippen LogP contribution in [-0.2, 0) is 12.3 Å². The Balaban J connectivity index is 1.94. The van der Waals surface area contributed by atoms with Crippen LogP contribution >= 0.6 is 11.6 Å². The Morgan fingerprint density at radius 3 is 2.89 bits per heavy atom. The van der Waals surface area contributed by atoms with Crippen molar-refractivity contribution in [3.8, 4) is 5.75 Å². The average Bonchev–Trinajstić information content (AvgIpc) is 2.41. The summed E-state index contributed by atoms with van der Waals surface area (Å²) in [6, 6.07) is 10.1. The van der Waals surface area contributed by atoms with Crippen LogP contribution in [0.15, 0.2) is 42.7 Å². The number of alkyl halides is 1. The first-order chi connectivity index (χ1) is 8.79. The first-order valence-electron chi connectivity index (χ1n) is 5.97. The summed E-state index contributed by atoms with van der Waals surface area (Å²) in [4.78, 5) is 4.08. The van der Waals surface area contributed by atoms with E-state index in [1.165, 1.54) is 11.1 Å². The smallest absolute Gasteiger partial charge is 0.123 e. The zero-order valence-corrected chi connectivity index (χ0v) is 11.2. The number of hydrogen-bond donors (Lipinski definition) is 0. The summed E-state index contributed by atoms with van der Waals surface area (Å²) in [6.07, 6.45) is 4.49. The Hall–Kier alpha value is -1.54. The number of benzene rings is 1. The molecule has 2 aromatic rings. The molecule has 94 valence electrons. The van der Waals surface area contributed by atoms with E-state index in [1.807, 2.05) is 30.5 Å². The van der Waals surface area contributed by atoms with Gasteiger partial charge in [-0.15, -0.1) is 11.6 Å². The lowest BCUT2D eigenvalue weighted by atomic mass is 10.1. The number of aryl methyl sites for hydroxylation is 1. The van der Waals surface area contributed by atoms with Crippen LogP contribution in [0.5, 0.6) is 5.75 Å². The van der Waals surface area contributed by atoms with E-state index in [-0.39, 0.29) is 0 Å². The van der Waals surface area contributed by atoms with Crippen LogP contribution < -0.4 is 4.74 Å². The number of aromatic nitrogens is 1. The second kappa shape index (κ2) is 6.41. The highest BCUT2D eigenvalue weighted by atomic mass is 35.5. The minimum Gasteiger partial charge on any atom is -0.493 e. The van der Waals surface area contributed by atoms with E-state index in [0.717, 1.165) is 17.7 Å². The number of pyridine rings is 1. The fraction of sp³-hybridized carbons (Fsp3) is 0.267. The van der Waals surface area contributed by atoms with Gasteiger partial charge in [-0.1, -0.05) is 23.8 Å². The molecule has 0 spiro atoms. The van der Waals surface area contributed by atoms with Gasteiger partial charge in [-0.3, -0.25) is 4.98 Å². The molecule has 1 aromatic carbocycles. The van der Waals surface area contributed by atoms with Crippen LogP contribution in [0.1, 0.15) is 16.7 Å². The van der Waals surface area contributed by atoms with Gasteiger partial charge < -0.3 is 4.74 Å². The summed E-state index contributed by atoms with van der Waals surface area (Å²) in [7, 11) is 0.